The van der Waals surface area contributed by atoms with Gasteiger partial charge in [0.2, 0.25) is 5.91 Å². The molecule has 6 nitrogen and oxygen atoms in total. The van der Waals surface area contributed by atoms with E-state index in [1.54, 1.807) is 6.07 Å². The summed E-state index contributed by atoms with van der Waals surface area (Å²) >= 11 is 0. The zero-order valence-electron chi connectivity index (χ0n) is 17.9. The summed E-state index contributed by atoms with van der Waals surface area (Å²) in [7, 11) is 0. The number of ether oxygens (including phenoxy) is 2. The molecular formula is C24H30N2O4. The fraction of sp³-hybridized carbons (Fsp3) is 0.417. The molecule has 2 amide bonds. The van der Waals surface area contributed by atoms with E-state index in [9.17, 15) is 9.59 Å². The summed E-state index contributed by atoms with van der Waals surface area (Å²) in [5, 5.41) is 3.05. The zero-order chi connectivity index (χ0) is 21.5. The predicted molar refractivity (Wildman–Crippen MR) is 116 cm³/mol. The van der Waals surface area contributed by atoms with Gasteiger partial charge in [-0.1, -0.05) is 18.2 Å². The Labute approximate surface area is 178 Å². The van der Waals surface area contributed by atoms with Gasteiger partial charge in [-0.15, -0.1) is 0 Å². The minimum absolute atomic E-state index is 0.149. The summed E-state index contributed by atoms with van der Waals surface area (Å²) in [6, 6.07) is 13.0. The number of nitrogens with one attached hydrogen (secondary N) is 1. The molecular weight excluding hydrogens is 380 g/mol. The number of likely N-dealkylation sites (tertiary alicyclic amines) is 1. The Morgan fingerprint density at radius 3 is 2.57 bits per heavy atom. The molecule has 2 aromatic rings. The smallest absolute Gasteiger partial charge is 0.251 e. The van der Waals surface area contributed by atoms with Crippen LogP contribution in [0.2, 0.25) is 0 Å². The molecule has 1 N–H and O–H groups in total. The molecule has 2 aromatic carbocycles. The second-order valence-electron chi connectivity index (χ2n) is 7.39. The van der Waals surface area contributed by atoms with Crippen molar-refractivity contribution in [3.63, 3.8) is 0 Å². The number of amides is 2. The third-order valence-electron chi connectivity index (χ3n) is 5.15. The van der Waals surface area contributed by atoms with E-state index < -0.39 is 0 Å². The third-order valence-corrected chi connectivity index (χ3v) is 5.15. The van der Waals surface area contributed by atoms with Gasteiger partial charge in [0.05, 0.1) is 19.3 Å². The quantitative estimate of drug-likeness (QED) is 0.676. The molecule has 1 atom stereocenters. The minimum Gasteiger partial charge on any atom is -0.490 e. The molecule has 160 valence electrons. The van der Waals surface area contributed by atoms with Crippen LogP contribution in [0.3, 0.4) is 0 Å². The van der Waals surface area contributed by atoms with Gasteiger partial charge in [0.15, 0.2) is 11.5 Å². The number of hydrogen-bond donors (Lipinski definition) is 1. The van der Waals surface area contributed by atoms with Gasteiger partial charge in [0.1, 0.15) is 0 Å². The Morgan fingerprint density at radius 2 is 1.87 bits per heavy atom. The van der Waals surface area contributed by atoms with Gasteiger partial charge in [0.25, 0.3) is 5.91 Å². The van der Waals surface area contributed by atoms with Gasteiger partial charge in [-0.2, -0.15) is 0 Å². The lowest BCUT2D eigenvalue weighted by Crippen LogP contribution is -2.27. The SMILES string of the molecule is CCOc1ccc(C(C)NC(=O)c2cccc(CN3CCCC3=O)c2)cc1OCC. The number of carbonyl (C=O) groups excluding carboxylic acids is 2. The van der Waals surface area contributed by atoms with E-state index in [1.807, 2.05) is 62.1 Å². The van der Waals surface area contributed by atoms with E-state index in [4.69, 9.17) is 9.47 Å². The lowest BCUT2D eigenvalue weighted by atomic mass is 10.1. The molecule has 0 aromatic heterocycles. The molecule has 30 heavy (non-hydrogen) atoms. The van der Waals surface area contributed by atoms with Crippen LogP contribution in [0.15, 0.2) is 42.5 Å². The van der Waals surface area contributed by atoms with Crippen LogP contribution in [-0.4, -0.2) is 36.5 Å². The highest BCUT2D eigenvalue weighted by atomic mass is 16.5. The maximum atomic E-state index is 12.8. The molecule has 0 radical (unpaired) electrons. The molecule has 1 aliphatic heterocycles. The van der Waals surface area contributed by atoms with Crippen molar-refractivity contribution in [1.29, 1.82) is 0 Å². The number of hydrogen-bond acceptors (Lipinski definition) is 4. The van der Waals surface area contributed by atoms with Gasteiger partial charge >= 0.3 is 0 Å². The van der Waals surface area contributed by atoms with Crippen molar-refractivity contribution in [2.45, 2.75) is 46.2 Å². The van der Waals surface area contributed by atoms with Crippen LogP contribution in [0.25, 0.3) is 0 Å². The summed E-state index contributed by atoms with van der Waals surface area (Å²) in [5.74, 6) is 1.41. The van der Waals surface area contributed by atoms with Crippen LogP contribution in [0.1, 0.15) is 61.1 Å². The van der Waals surface area contributed by atoms with Gasteiger partial charge in [-0.3, -0.25) is 9.59 Å². The highest BCUT2D eigenvalue weighted by Crippen LogP contribution is 2.30. The molecule has 3 rings (SSSR count). The van der Waals surface area contributed by atoms with Crippen LogP contribution in [0, 0.1) is 0 Å². The van der Waals surface area contributed by atoms with E-state index in [2.05, 4.69) is 5.32 Å². The molecule has 0 aliphatic carbocycles. The highest BCUT2D eigenvalue weighted by Gasteiger charge is 2.20. The Kier molecular flexibility index (Phi) is 7.33. The van der Waals surface area contributed by atoms with E-state index >= 15 is 0 Å². The number of nitrogens with zero attached hydrogens (tertiary/aromatic N) is 1. The van der Waals surface area contributed by atoms with Gasteiger partial charge in [0, 0.05) is 25.1 Å². The second kappa shape index (κ2) is 10.1. The Bertz CT molecular complexity index is 897. The van der Waals surface area contributed by atoms with E-state index in [1.165, 1.54) is 0 Å². The van der Waals surface area contributed by atoms with E-state index in [-0.39, 0.29) is 17.9 Å². The number of rotatable bonds is 9. The molecule has 0 bridgehead atoms. The van der Waals surface area contributed by atoms with Crippen LogP contribution in [0.4, 0.5) is 0 Å². The average Bonchev–Trinajstić information content (AvgIpc) is 3.14. The summed E-state index contributed by atoms with van der Waals surface area (Å²) in [6.07, 6.45) is 1.52. The van der Waals surface area contributed by atoms with Crippen molar-refractivity contribution in [2.75, 3.05) is 19.8 Å². The molecule has 1 aliphatic rings. The number of carbonyl (C=O) groups is 2. The number of benzene rings is 2. The first-order valence-electron chi connectivity index (χ1n) is 10.6. The predicted octanol–water partition coefficient (Wildman–Crippen LogP) is 4.10. The first kappa shape index (κ1) is 21.7. The van der Waals surface area contributed by atoms with Crippen molar-refractivity contribution in [1.82, 2.24) is 10.2 Å². The maximum absolute atomic E-state index is 12.8. The summed E-state index contributed by atoms with van der Waals surface area (Å²) in [5.41, 5.74) is 2.49. The average molecular weight is 411 g/mol. The standard InChI is InChI=1S/C24H30N2O4/c1-4-29-21-12-11-19(15-22(21)30-5-2)17(3)25-24(28)20-9-6-8-18(14-20)16-26-13-7-10-23(26)27/h6,8-9,11-12,14-15,17H,4-5,7,10,13,16H2,1-3H3,(H,25,28). The zero-order valence-corrected chi connectivity index (χ0v) is 17.9. The topological polar surface area (TPSA) is 67.9 Å². The lowest BCUT2D eigenvalue weighted by molar-refractivity contribution is -0.128. The molecule has 0 saturated carbocycles. The fourth-order valence-corrected chi connectivity index (χ4v) is 3.60. The van der Waals surface area contributed by atoms with Crippen molar-refractivity contribution in [2.24, 2.45) is 0 Å². The molecule has 1 saturated heterocycles. The van der Waals surface area contributed by atoms with Gasteiger partial charge in [-0.05, 0) is 62.6 Å². The van der Waals surface area contributed by atoms with Crippen molar-refractivity contribution in [3.8, 4) is 11.5 Å². The monoisotopic (exact) mass is 410 g/mol. The highest BCUT2D eigenvalue weighted by molar-refractivity contribution is 5.94. The van der Waals surface area contributed by atoms with Crippen LogP contribution in [-0.2, 0) is 11.3 Å². The van der Waals surface area contributed by atoms with Gasteiger partial charge in [-0.25, -0.2) is 0 Å². The van der Waals surface area contributed by atoms with Crippen LogP contribution < -0.4 is 14.8 Å². The van der Waals surface area contributed by atoms with Crippen molar-refractivity contribution < 1.29 is 19.1 Å². The summed E-state index contributed by atoms with van der Waals surface area (Å²) < 4.78 is 11.3. The normalized spacial score (nSPS) is 14.5. The minimum atomic E-state index is -0.198. The van der Waals surface area contributed by atoms with E-state index in [0.29, 0.717) is 43.2 Å². The fourth-order valence-electron chi connectivity index (χ4n) is 3.60. The van der Waals surface area contributed by atoms with Crippen LogP contribution in [0.5, 0.6) is 11.5 Å². The summed E-state index contributed by atoms with van der Waals surface area (Å²) in [6.45, 7) is 8.23. The molecule has 1 unspecified atom stereocenters. The van der Waals surface area contributed by atoms with Crippen molar-refractivity contribution in [3.05, 3.63) is 59.2 Å². The first-order chi connectivity index (χ1) is 14.5. The first-order valence-corrected chi connectivity index (χ1v) is 10.6. The second-order valence-corrected chi connectivity index (χ2v) is 7.39. The Balaban J connectivity index is 1.68. The molecule has 0 spiro atoms. The Hall–Kier alpha value is -3.02. The molecule has 1 fully saturated rings. The maximum Gasteiger partial charge on any atom is 0.251 e. The third kappa shape index (κ3) is 5.32. The van der Waals surface area contributed by atoms with Crippen molar-refractivity contribution >= 4 is 11.8 Å². The van der Waals surface area contributed by atoms with Gasteiger partial charge < -0.3 is 19.7 Å². The Morgan fingerprint density at radius 1 is 1.10 bits per heavy atom. The van der Waals surface area contributed by atoms with Crippen LogP contribution >= 0.6 is 0 Å². The largest absolute Gasteiger partial charge is 0.490 e. The summed E-state index contributed by atoms with van der Waals surface area (Å²) in [4.78, 5) is 26.5. The van der Waals surface area contributed by atoms with E-state index in [0.717, 1.165) is 24.1 Å². The molecule has 1 heterocycles. The lowest BCUT2D eigenvalue weighted by Gasteiger charge is -2.18. The molecule has 6 heteroatoms.